The highest BCUT2D eigenvalue weighted by molar-refractivity contribution is 5.52. The van der Waals surface area contributed by atoms with Gasteiger partial charge in [-0.1, -0.05) is 31.2 Å². The Bertz CT molecular complexity index is 865. The summed E-state index contributed by atoms with van der Waals surface area (Å²) in [7, 11) is 0. The van der Waals surface area contributed by atoms with Crippen LogP contribution in [0.1, 0.15) is 35.3 Å². The summed E-state index contributed by atoms with van der Waals surface area (Å²) in [5, 5.41) is 40.3. The lowest BCUT2D eigenvalue weighted by molar-refractivity contribution is -0.231. The lowest BCUT2D eigenvalue weighted by atomic mass is 9.89. The zero-order chi connectivity index (χ0) is 21.3. The molecule has 4 rings (SSSR count). The molecule has 0 radical (unpaired) electrons. The molecule has 1 saturated heterocycles. The molecule has 4 N–H and O–H groups in total. The Hall–Kier alpha value is -2.16. The molecular formula is C23H28O7. The number of aryl methyl sites for hydroxylation is 1. The number of hydrogen-bond acceptors (Lipinski definition) is 7. The number of benzene rings is 2. The number of fused-ring (bicyclic) bond motifs is 1. The highest BCUT2D eigenvalue weighted by atomic mass is 16.6. The maximum absolute atomic E-state index is 10.5. The van der Waals surface area contributed by atoms with Crippen molar-refractivity contribution in [3.63, 3.8) is 0 Å². The van der Waals surface area contributed by atoms with E-state index in [1.807, 2.05) is 6.07 Å². The zero-order valence-corrected chi connectivity index (χ0v) is 16.9. The SMILES string of the molecule is CCc1ccc(Cc2cc([C@@H]3O[C@H](CO)[C@H](O)[C@H](O)[C@@H]3O)cc3c2OCCO3)cc1. The molecule has 0 spiro atoms. The van der Waals surface area contributed by atoms with Crippen molar-refractivity contribution in [2.24, 2.45) is 0 Å². The molecule has 0 aromatic heterocycles. The average Bonchev–Trinajstić information content (AvgIpc) is 2.78. The van der Waals surface area contributed by atoms with Crippen LogP contribution < -0.4 is 9.47 Å². The van der Waals surface area contributed by atoms with Gasteiger partial charge in [0.25, 0.3) is 0 Å². The van der Waals surface area contributed by atoms with Crippen LogP contribution in [0.15, 0.2) is 36.4 Å². The van der Waals surface area contributed by atoms with E-state index in [1.165, 1.54) is 5.56 Å². The third kappa shape index (κ3) is 4.04. The summed E-state index contributed by atoms with van der Waals surface area (Å²) in [6.07, 6.45) is -4.49. The van der Waals surface area contributed by atoms with Gasteiger partial charge < -0.3 is 34.6 Å². The molecule has 2 aliphatic heterocycles. The van der Waals surface area contributed by atoms with E-state index in [0.717, 1.165) is 17.5 Å². The smallest absolute Gasteiger partial charge is 0.164 e. The minimum atomic E-state index is -1.43. The third-order valence-corrected chi connectivity index (χ3v) is 5.79. The van der Waals surface area contributed by atoms with Crippen molar-refractivity contribution < 1.29 is 34.6 Å². The second-order valence-corrected chi connectivity index (χ2v) is 7.80. The van der Waals surface area contributed by atoms with Gasteiger partial charge in [0.2, 0.25) is 0 Å². The van der Waals surface area contributed by atoms with Crippen molar-refractivity contribution in [3.05, 3.63) is 58.7 Å². The summed E-state index contributed by atoms with van der Waals surface area (Å²) < 4.78 is 17.4. The molecule has 7 heteroatoms. The first-order valence-electron chi connectivity index (χ1n) is 10.3. The maximum atomic E-state index is 10.5. The van der Waals surface area contributed by atoms with Crippen molar-refractivity contribution in [1.29, 1.82) is 0 Å². The maximum Gasteiger partial charge on any atom is 0.164 e. The van der Waals surface area contributed by atoms with Gasteiger partial charge in [-0.25, -0.2) is 0 Å². The topological polar surface area (TPSA) is 109 Å². The molecule has 2 heterocycles. The van der Waals surface area contributed by atoms with Gasteiger partial charge in [-0.3, -0.25) is 0 Å². The molecule has 0 aliphatic carbocycles. The first kappa shape index (κ1) is 21.1. The van der Waals surface area contributed by atoms with E-state index in [0.29, 0.717) is 36.7 Å². The summed E-state index contributed by atoms with van der Waals surface area (Å²) in [6.45, 7) is 2.51. The number of ether oxygens (including phenoxy) is 3. The minimum Gasteiger partial charge on any atom is -0.486 e. The molecule has 0 bridgehead atoms. The summed E-state index contributed by atoms with van der Waals surface area (Å²) in [5.74, 6) is 1.21. The molecule has 2 aliphatic rings. The summed E-state index contributed by atoms with van der Waals surface area (Å²) in [4.78, 5) is 0. The van der Waals surface area contributed by atoms with Crippen LogP contribution in [0.3, 0.4) is 0 Å². The van der Waals surface area contributed by atoms with E-state index in [1.54, 1.807) is 6.07 Å². The molecule has 5 atom stereocenters. The molecule has 0 unspecified atom stereocenters. The molecule has 0 saturated carbocycles. The molecule has 2 aromatic rings. The Labute approximate surface area is 175 Å². The lowest BCUT2D eigenvalue weighted by Gasteiger charge is -2.40. The van der Waals surface area contributed by atoms with Gasteiger partial charge in [0.05, 0.1) is 6.61 Å². The molecule has 2 aromatic carbocycles. The second kappa shape index (κ2) is 8.91. The molecule has 30 heavy (non-hydrogen) atoms. The van der Waals surface area contributed by atoms with Crippen molar-refractivity contribution in [1.82, 2.24) is 0 Å². The molecular weight excluding hydrogens is 388 g/mol. The summed E-state index contributed by atoms with van der Waals surface area (Å²) >= 11 is 0. The Morgan fingerprint density at radius 3 is 2.30 bits per heavy atom. The number of rotatable bonds is 5. The van der Waals surface area contributed by atoms with E-state index >= 15 is 0 Å². The fourth-order valence-corrected chi connectivity index (χ4v) is 4.04. The lowest BCUT2D eigenvalue weighted by Crippen LogP contribution is -2.55. The summed E-state index contributed by atoms with van der Waals surface area (Å²) in [5.41, 5.74) is 3.84. The van der Waals surface area contributed by atoms with Crippen LogP contribution in [0.5, 0.6) is 11.5 Å². The van der Waals surface area contributed by atoms with Crippen molar-refractivity contribution in [2.45, 2.75) is 50.3 Å². The summed E-state index contributed by atoms with van der Waals surface area (Å²) in [6, 6.07) is 11.9. The van der Waals surface area contributed by atoms with E-state index in [-0.39, 0.29) is 0 Å². The standard InChI is InChI=1S/C23H28O7/c1-2-13-3-5-14(6-4-13)9-15-10-16(11-17-22(15)29-8-7-28-17)23-21(27)20(26)19(25)18(12-24)30-23/h3-6,10-11,18-21,23-27H,2,7-9,12H2,1H3/t18-,19+,20+,21+,23+/m1/s1. The van der Waals surface area contributed by atoms with E-state index in [2.05, 4.69) is 31.2 Å². The first-order chi connectivity index (χ1) is 14.5. The zero-order valence-electron chi connectivity index (χ0n) is 16.9. The molecule has 0 amide bonds. The third-order valence-electron chi connectivity index (χ3n) is 5.79. The second-order valence-electron chi connectivity index (χ2n) is 7.80. The van der Waals surface area contributed by atoms with Gasteiger partial charge in [-0.05, 0) is 35.2 Å². The van der Waals surface area contributed by atoms with Crippen LogP contribution in [-0.4, -0.2) is 64.7 Å². The largest absolute Gasteiger partial charge is 0.486 e. The quantitative estimate of drug-likeness (QED) is 0.579. The highest BCUT2D eigenvalue weighted by Gasteiger charge is 2.44. The fourth-order valence-electron chi connectivity index (χ4n) is 4.04. The van der Waals surface area contributed by atoms with Crippen LogP contribution in [0.4, 0.5) is 0 Å². The van der Waals surface area contributed by atoms with Crippen LogP contribution in [0.2, 0.25) is 0 Å². The fraction of sp³-hybridized carbons (Fsp3) is 0.478. The van der Waals surface area contributed by atoms with Crippen molar-refractivity contribution in [2.75, 3.05) is 19.8 Å². The molecule has 1 fully saturated rings. The number of hydrogen-bond donors (Lipinski definition) is 4. The van der Waals surface area contributed by atoms with Crippen LogP contribution in [0, 0.1) is 0 Å². The number of aliphatic hydroxyl groups is 4. The normalized spacial score (nSPS) is 28.4. The molecule has 162 valence electrons. The van der Waals surface area contributed by atoms with Crippen molar-refractivity contribution >= 4 is 0 Å². The van der Waals surface area contributed by atoms with Crippen LogP contribution >= 0.6 is 0 Å². The van der Waals surface area contributed by atoms with Crippen LogP contribution in [-0.2, 0) is 17.6 Å². The Kier molecular flexibility index (Phi) is 6.26. The highest BCUT2D eigenvalue weighted by Crippen LogP contribution is 2.41. The Morgan fingerprint density at radius 2 is 1.60 bits per heavy atom. The van der Waals surface area contributed by atoms with Crippen LogP contribution in [0.25, 0.3) is 0 Å². The Balaban J connectivity index is 1.69. The van der Waals surface area contributed by atoms with Gasteiger partial charge >= 0.3 is 0 Å². The van der Waals surface area contributed by atoms with Gasteiger partial charge in [-0.15, -0.1) is 0 Å². The van der Waals surface area contributed by atoms with E-state index in [4.69, 9.17) is 14.2 Å². The average molecular weight is 416 g/mol. The van der Waals surface area contributed by atoms with Gasteiger partial charge in [0, 0.05) is 12.0 Å². The predicted octanol–water partition coefficient (Wildman–Crippen LogP) is 1.13. The van der Waals surface area contributed by atoms with E-state index in [9.17, 15) is 20.4 Å². The Morgan fingerprint density at radius 1 is 0.900 bits per heavy atom. The van der Waals surface area contributed by atoms with Crippen molar-refractivity contribution in [3.8, 4) is 11.5 Å². The van der Waals surface area contributed by atoms with Gasteiger partial charge in [-0.2, -0.15) is 0 Å². The van der Waals surface area contributed by atoms with Gasteiger partial charge in [0.1, 0.15) is 43.7 Å². The molecule has 7 nitrogen and oxygen atoms in total. The van der Waals surface area contributed by atoms with E-state index < -0.39 is 37.1 Å². The number of aliphatic hydroxyl groups excluding tert-OH is 4. The monoisotopic (exact) mass is 416 g/mol. The van der Waals surface area contributed by atoms with Gasteiger partial charge in [0.15, 0.2) is 11.5 Å². The minimum absolute atomic E-state index is 0.412. The first-order valence-corrected chi connectivity index (χ1v) is 10.3. The predicted molar refractivity (Wildman–Crippen MR) is 109 cm³/mol.